The van der Waals surface area contributed by atoms with E-state index in [1.54, 1.807) is 61.2 Å². The third-order valence-corrected chi connectivity index (χ3v) is 13.5. The molecule has 4 N–H and O–H groups in total. The van der Waals surface area contributed by atoms with Crippen molar-refractivity contribution < 1.29 is 27.2 Å². The summed E-state index contributed by atoms with van der Waals surface area (Å²) in [5.41, 5.74) is 14.3. The number of rotatable bonds is 20. The Morgan fingerprint density at radius 2 is 0.781 bits per heavy atom. The van der Waals surface area contributed by atoms with E-state index in [1.165, 1.54) is 12.7 Å². The molecule has 0 spiro atoms. The van der Waals surface area contributed by atoms with Gasteiger partial charge in [0.1, 0.15) is 46.7 Å². The van der Waals surface area contributed by atoms with E-state index in [1.807, 2.05) is 81.9 Å². The minimum Gasteiger partial charge on any atom is -0.413 e. The molecule has 18 heteroatoms. The van der Waals surface area contributed by atoms with Crippen LogP contribution in [-0.2, 0) is 22.2 Å². The molecule has 0 amide bonds. The van der Waals surface area contributed by atoms with Gasteiger partial charge in [-0.1, -0.05) is 86.0 Å². The molecule has 328 valence electrons. The van der Waals surface area contributed by atoms with Crippen LogP contribution < -0.4 is 29.6 Å². The van der Waals surface area contributed by atoms with Crippen LogP contribution in [0.4, 0.5) is 11.6 Å². The zero-order valence-corrected chi connectivity index (χ0v) is 36.8. The standard InChI is InChI=1S/2C23H24N5O3P/c2*1-18(10-8-9-15-28-17-27-21-22(24)25-16-26-23(21)28)32(29,30-19-11-4-2-5-12-19)31-20-13-6-3-7-14-20/h2*2-7,11-14,16-17H,1,8-10,15H2,(H2,24,25,26). The minimum atomic E-state index is -3.65. The summed E-state index contributed by atoms with van der Waals surface area (Å²) in [4.78, 5) is 25.0. The summed E-state index contributed by atoms with van der Waals surface area (Å²) in [5, 5.41) is 0.847. The van der Waals surface area contributed by atoms with E-state index < -0.39 is 15.2 Å². The maximum atomic E-state index is 13.7. The lowest BCUT2D eigenvalue weighted by atomic mass is 10.2. The summed E-state index contributed by atoms with van der Waals surface area (Å²) >= 11 is 0. The molecule has 0 bridgehead atoms. The van der Waals surface area contributed by atoms with Crippen LogP contribution in [0.5, 0.6) is 23.0 Å². The molecule has 8 aromatic rings. The fourth-order valence-corrected chi connectivity index (χ4v) is 9.45. The topological polar surface area (TPSA) is 210 Å². The van der Waals surface area contributed by atoms with Crippen LogP contribution in [0.25, 0.3) is 22.3 Å². The number of hydrogen-bond acceptors (Lipinski definition) is 14. The number of aryl methyl sites for hydroxylation is 2. The highest BCUT2D eigenvalue weighted by atomic mass is 31.2. The van der Waals surface area contributed by atoms with Crippen LogP contribution in [0.1, 0.15) is 38.5 Å². The number of nitrogens with two attached hydrogens (primary N) is 2. The zero-order chi connectivity index (χ0) is 44.8. The number of nitrogens with zero attached hydrogens (tertiary/aromatic N) is 8. The van der Waals surface area contributed by atoms with E-state index in [4.69, 9.17) is 29.6 Å². The molecule has 0 atom stereocenters. The highest BCUT2D eigenvalue weighted by Crippen LogP contribution is 2.57. The Hall–Kier alpha value is -7.28. The first-order valence-corrected chi connectivity index (χ1v) is 23.6. The second kappa shape index (κ2) is 21.2. The summed E-state index contributed by atoms with van der Waals surface area (Å²) in [6, 6.07) is 35.9. The maximum absolute atomic E-state index is 13.7. The maximum Gasteiger partial charge on any atom is 0.458 e. The minimum absolute atomic E-state index is 0.360. The zero-order valence-electron chi connectivity index (χ0n) is 35.0. The molecule has 0 unspecified atom stereocenters. The number of nitrogen functional groups attached to an aromatic ring is 2. The average molecular weight is 899 g/mol. The van der Waals surface area contributed by atoms with E-state index in [0.717, 1.165) is 25.7 Å². The van der Waals surface area contributed by atoms with Gasteiger partial charge in [-0.15, -0.1) is 0 Å². The van der Waals surface area contributed by atoms with Crippen molar-refractivity contribution in [2.75, 3.05) is 11.5 Å². The number of unbranched alkanes of at least 4 members (excludes halogenated alkanes) is 2. The summed E-state index contributed by atoms with van der Waals surface area (Å²) < 4.78 is 54.6. The number of benzene rings is 4. The van der Waals surface area contributed by atoms with E-state index >= 15 is 0 Å². The molecule has 0 radical (unpaired) electrons. The Bertz CT molecular complexity index is 2590. The van der Waals surface area contributed by atoms with Crippen molar-refractivity contribution in [1.82, 2.24) is 39.0 Å². The van der Waals surface area contributed by atoms with E-state index in [2.05, 4.69) is 43.1 Å². The van der Waals surface area contributed by atoms with Crippen LogP contribution in [0.3, 0.4) is 0 Å². The van der Waals surface area contributed by atoms with Crippen LogP contribution in [0.15, 0.2) is 170 Å². The van der Waals surface area contributed by atoms with E-state index in [-0.39, 0.29) is 0 Å². The monoisotopic (exact) mass is 898 g/mol. The molecule has 64 heavy (non-hydrogen) atoms. The molecule has 0 saturated carbocycles. The van der Waals surface area contributed by atoms with Gasteiger partial charge in [0.05, 0.1) is 23.3 Å². The SMILES string of the molecule is C=C(CCCCn1cnc2c(N)ncnc21)P(=O)(Oc1ccccc1)Oc1ccccc1.C=C(CCCCn1cnc2c(N)ncnc21)P(=O)(Oc1ccccc1)Oc1ccccc1. The lowest BCUT2D eigenvalue weighted by Gasteiger charge is -2.22. The normalized spacial score (nSPS) is 11.4. The third kappa shape index (κ3) is 11.6. The van der Waals surface area contributed by atoms with Crippen LogP contribution in [0.2, 0.25) is 0 Å². The quantitative estimate of drug-likeness (QED) is 0.0538. The molecule has 0 aliphatic rings. The molecule has 8 rings (SSSR count). The highest BCUT2D eigenvalue weighted by Gasteiger charge is 2.33. The van der Waals surface area contributed by atoms with Gasteiger partial charge in [0.25, 0.3) is 0 Å². The van der Waals surface area contributed by atoms with Gasteiger partial charge in [0.15, 0.2) is 22.9 Å². The Kier molecular flexibility index (Phi) is 14.8. The Morgan fingerprint density at radius 3 is 1.09 bits per heavy atom. The molecule has 4 heterocycles. The van der Waals surface area contributed by atoms with Gasteiger partial charge in [-0.2, -0.15) is 0 Å². The molecule has 16 nitrogen and oxygen atoms in total. The second-order valence-corrected chi connectivity index (χ2v) is 18.4. The number of imidazole rings is 2. The number of anilines is 2. The molecule has 0 fully saturated rings. The van der Waals surface area contributed by atoms with Gasteiger partial charge in [-0.25, -0.2) is 39.0 Å². The second-order valence-electron chi connectivity index (χ2n) is 14.4. The fourth-order valence-electron chi connectivity index (χ4n) is 6.40. The molecule has 0 aliphatic heterocycles. The molecule has 4 aromatic carbocycles. The van der Waals surface area contributed by atoms with Crippen LogP contribution in [0, 0.1) is 0 Å². The van der Waals surface area contributed by atoms with Gasteiger partial charge in [0, 0.05) is 13.1 Å². The number of hydrogen-bond donors (Lipinski definition) is 2. The molecular formula is C46H48N10O6P2. The first-order valence-electron chi connectivity index (χ1n) is 20.5. The lowest BCUT2D eigenvalue weighted by Crippen LogP contribution is -2.04. The van der Waals surface area contributed by atoms with Gasteiger partial charge in [0.2, 0.25) is 0 Å². The molecule has 4 aromatic heterocycles. The van der Waals surface area contributed by atoms with Gasteiger partial charge in [-0.3, -0.25) is 0 Å². The summed E-state index contributed by atoms with van der Waals surface area (Å²) in [7, 11) is -7.30. The summed E-state index contributed by atoms with van der Waals surface area (Å²) in [6.45, 7) is 9.46. The number of fused-ring (bicyclic) bond motifs is 2. The first kappa shape index (κ1) is 44.8. The van der Waals surface area contributed by atoms with E-state index in [9.17, 15) is 9.13 Å². The average Bonchev–Trinajstić information content (AvgIpc) is 3.93. The van der Waals surface area contributed by atoms with Crippen molar-refractivity contribution in [1.29, 1.82) is 0 Å². The number of allylic oxidation sites excluding steroid dienone is 2. The molecule has 0 aliphatic carbocycles. The third-order valence-electron chi connectivity index (χ3n) is 9.74. The predicted molar refractivity (Wildman–Crippen MR) is 249 cm³/mol. The Morgan fingerprint density at radius 1 is 0.469 bits per heavy atom. The smallest absolute Gasteiger partial charge is 0.413 e. The van der Waals surface area contributed by atoms with Crippen molar-refractivity contribution in [3.05, 3.63) is 170 Å². The van der Waals surface area contributed by atoms with Crippen molar-refractivity contribution in [3.8, 4) is 23.0 Å². The lowest BCUT2D eigenvalue weighted by molar-refractivity contribution is 0.390. The van der Waals surface area contributed by atoms with Crippen molar-refractivity contribution in [3.63, 3.8) is 0 Å². The largest absolute Gasteiger partial charge is 0.458 e. The summed E-state index contributed by atoms with van der Waals surface area (Å²) in [5.74, 6) is 2.59. The van der Waals surface area contributed by atoms with Crippen LogP contribution >= 0.6 is 15.2 Å². The Balaban J connectivity index is 0.000000191. The van der Waals surface area contributed by atoms with E-state index in [0.29, 0.717) is 93.5 Å². The fraction of sp³-hybridized carbons (Fsp3) is 0.174. The van der Waals surface area contributed by atoms with Crippen molar-refractivity contribution in [2.24, 2.45) is 0 Å². The van der Waals surface area contributed by atoms with Gasteiger partial charge >= 0.3 is 15.2 Å². The number of para-hydroxylation sites is 4. The predicted octanol–water partition coefficient (Wildman–Crippen LogP) is 10.9. The summed E-state index contributed by atoms with van der Waals surface area (Å²) in [6.07, 6.45) is 10.3. The first-order chi connectivity index (χ1) is 31.1. The van der Waals surface area contributed by atoms with Crippen molar-refractivity contribution in [2.45, 2.75) is 51.6 Å². The van der Waals surface area contributed by atoms with Crippen LogP contribution in [-0.4, -0.2) is 39.0 Å². The van der Waals surface area contributed by atoms with Gasteiger partial charge in [-0.05, 0) is 87.1 Å². The molecular weight excluding hydrogens is 851 g/mol. The van der Waals surface area contributed by atoms with Crippen molar-refractivity contribution >= 4 is 49.2 Å². The molecule has 0 saturated heterocycles. The number of aromatic nitrogens is 8. The van der Waals surface area contributed by atoms with Gasteiger partial charge < -0.3 is 38.7 Å². The Labute approximate surface area is 370 Å². The highest BCUT2D eigenvalue weighted by molar-refractivity contribution is 7.59.